The highest BCUT2D eigenvalue weighted by molar-refractivity contribution is 7.10. The van der Waals surface area contributed by atoms with Crippen LogP contribution in [0, 0.1) is 11.8 Å². The van der Waals surface area contributed by atoms with E-state index in [0.717, 1.165) is 18.1 Å². The molecule has 0 saturated heterocycles. The van der Waals surface area contributed by atoms with E-state index in [4.69, 9.17) is 4.74 Å². The van der Waals surface area contributed by atoms with Crippen LogP contribution in [-0.4, -0.2) is 19.5 Å². The number of hydrogen-bond donors (Lipinski definition) is 0. The highest BCUT2D eigenvalue weighted by Crippen LogP contribution is 2.52. The molecule has 0 bridgehead atoms. The quantitative estimate of drug-likeness (QED) is 0.806. The van der Waals surface area contributed by atoms with Gasteiger partial charge in [0.1, 0.15) is 0 Å². The summed E-state index contributed by atoms with van der Waals surface area (Å²) >= 11 is 1.76. The lowest BCUT2D eigenvalue weighted by Crippen LogP contribution is -2.28. The lowest BCUT2D eigenvalue weighted by molar-refractivity contribution is 0.0836. The van der Waals surface area contributed by atoms with Gasteiger partial charge >= 0.3 is 0 Å². The minimum atomic E-state index is 0.315. The topological polar surface area (TPSA) is 26.3 Å². The maximum atomic E-state index is 12.0. The summed E-state index contributed by atoms with van der Waals surface area (Å²) < 4.78 is 5.28. The van der Waals surface area contributed by atoms with Crippen molar-refractivity contribution in [3.05, 3.63) is 21.9 Å². The van der Waals surface area contributed by atoms with Gasteiger partial charge in [0.15, 0.2) is 5.78 Å². The number of carbonyl (C=O) groups is 1. The number of Topliss-reactive ketones (excluding diaryl/α,β-unsaturated/α-hetero) is 1. The summed E-state index contributed by atoms with van der Waals surface area (Å²) in [4.78, 5) is 13.3. The maximum absolute atomic E-state index is 12.0. The Hall–Kier alpha value is -0.670. The van der Waals surface area contributed by atoms with Gasteiger partial charge in [-0.2, -0.15) is 0 Å². The minimum Gasteiger partial charge on any atom is -0.384 e. The normalized spacial score (nSPS) is 29.2. The molecule has 2 unspecified atom stereocenters. The van der Waals surface area contributed by atoms with Crippen LogP contribution in [0.3, 0.4) is 0 Å². The van der Waals surface area contributed by atoms with Crippen LogP contribution in [0.25, 0.3) is 0 Å². The Bertz CT molecular complexity index is 406. The van der Waals surface area contributed by atoms with Crippen LogP contribution < -0.4 is 0 Å². The molecule has 2 aliphatic carbocycles. The van der Waals surface area contributed by atoms with Gasteiger partial charge in [0.2, 0.25) is 0 Å². The lowest BCUT2D eigenvalue weighted by Gasteiger charge is -2.30. The predicted octanol–water partition coefficient (Wildman–Crippen LogP) is 3.09. The van der Waals surface area contributed by atoms with Crippen molar-refractivity contribution in [1.29, 1.82) is 0 Å². The molecule has 1 fully saturated rings. The third-order valence-corrected chi connectivity index (χ3v) is 4.78. The molecule has 2 atom stereocenters. The molecular weight excluding hydrogens is 220 g/mol. The third-order valence-electron chi connectivity index (χ3n) is 3.76. The number of fused-ring (bicyclic) bond motifs is 1. The number of thiophene rings is 1. The first kappa shape index (κ1) is 10.5. The molecule has 86 valence electrons. The second kappa shape index (κ2) is 3.97. The number of rotatable bonds is 3. The summed E-state index contributed by atoms with van der Waals surface area (Å²) in [6.45, 7) is 0.726. The maximum Gasteiger partial charge on any atom is 0.164 e. The molecule has 1 heterocycles. The zero-order valence-corrected chi connectivity index (χ0v) is 10.3. The van der Waals surface area contributed by atoms with E-state index in [9.17, 15) is 4.79 Å². The van der Waals surface area contributed by atoms with Crippen LogP contribution in [0.2, 0.25) is 0 Å². The van der Waals surface area contributed by atoms with Crippen molar-refractivity contribution in [2.45, 2.75) is 25.2 Å². The molecule has 3 heteroatoms. The first-order valence-electron chi connectivity index (χ1n) is 5.90. The van der Waals surface area contributed by atoms with Gasteiger partial charge in [-0.3, -0.25) is 4.79 Å². The van der Waals surface area contributed by atoms with Crippen LogP contribution in [0.1, 0.15) is 40.4 Å². The van der Waals surface area contributed by atoms with E-state index in [1.807, 2.05) is 6.07 Å². The van der Waals surface area contributed by atoms with Gasteiger partial charge in [-0.1, -0.05) is 0 Å². The summed E-state index contributed by atoms with van der Waals surface area (Å²) in [6, 6.07) is 2.00. The second-order valence-electron chi connectivity index (χ2n) is 4.90. The van der Waals surface area contributed by atoms with Crippen LogP contribution in [0.5, 0.6) is 0 Å². The van der Waals surface area contributed by atoms with E-state index in [2.05, 4.69) is 5.38 Å². The van der Waals surface area contributed by atoms with E-state index in [-0.39, 0.29) is 0 Å². The fourth-order valence-corrected chi connectivity index (χ4v) is 4.13. The highest BCUT2D eigenvalue weighted by Gasteiger charge is 2.43. The van der Waals surface area contributed by atoms with Crippen LogP contribution in [0.4, 0.5) is 0 Å². The summed E-state index contributed by atoms with van der Waals surface area (Å²) in [5, 5.41) is 2.06. The predicted molar refractivity (Wildman–Crippen MR) is 64.1 cm³/mol. The van der Waals surface area contributed by atoms with Crippen LogP contribution in [-0.2, 0) is 4.74 Å². The number of ether oxygens (including phenoxy) is 1. The SMILES string of the molecule is COCC1CC(=O)c2ccsc2C1C1CC1. The molecule has 0 N–H and O–H groups in total. The second-order valence-corrected chi connectivity index (χ2v) is 5.85. The van der Waals surface area contributed by atoms with Gasteiger partial charge in [-0.05, 0) is 36.1 Å². The zero-order valence-electron chi connectivity index (χ0n) is 9.44. The van der Waals surface area contributed by atoms with Crippen molar-refractivity contribution in [3.8, 4) is 0 Å². The van der Waals surface area contributed by atoms with Gasteiger partial charge in [0, 0.05) is 29.9 Å². The van der Waals surface area contributed by atoms with Crippen molar-refractivity contribution >= 4 is 17.1 Å². The Balaban J connectivity index is 1.96. The molecule has 1 aromatic rings. The van der Waals surface area contributed by atoms with Gasteiger partial charge in [-0.25, -0.2) is 0 Å². The summed E-state index contributed by atoms with van der Waals surface area (Å²) in [5.74, 6) is 2.13. The van der Waals surface area contributed by atoms with E-state index >= 15 is 0 Å². The molecule has 2 aliphatic rings. The summed E-state index contributed by atoms with van der Waals surface area (Å²) in [6.07, 6.45) is 3.34. The molecule has 0 amide bonds. The average Bonchev–Trinajstić information content (AvgIpc) is 2.95. The van der Waals surface area contributed by atoms with Gasteiger partial charge in [0.05, 0.1) is 6.61 Å². The first-order valence-corrected chi connectivity index (χ1v) is 6.78. The molecule has 0 spiro atoms. The Morgan fingerprint density at radius 1 is 1.50 bits per heavy atom. The molecule has 0 aliphatic heterocycles. The van der Waals surface area contributed by atoms with E-state index < -0.39 is 0 Å². The van der Waals surface area contributed by atoms with Crippen LogP contribution >= 0.6 is 11.3 Å². The number of ketones is 1. The van der Waals surface area contributed by atoms with E-state index in [1.54, 1.807) is 18.4 Å². The number of methoxy groups -OCH3 is 1. The molecule has 0 radical (unpaired) electrons. The van der Waals surface area contributed by atoms with Crippen molar-refractivity contribution in [3.63, 3.8) is 0 Å². The van der Waals surface area contributed by atoms with E-state index in [0.29, 0.717) is 24.0 Å². The van der Waals surface area contributed by atoms with Crippen molar-refractivity contribution in [2.24, 2.45) is 11.8 Å². The largest absolute Gasteiger partial charge is 0.384 e. The van der Waals surface area contributed by atoms with Gasteiger partial charge < -0.3 is 4.74 Å². The third kappa shape index (κ3) is 1.62. The number of carbonyl (C=O) groups excluding carboxylic acids is 1. The summed E-state index contributed by atoms with van der Waals surface area (Å²) in [7, 11) is 1.73. The van der Waals surface area contributed by atoms with E-state index in [1.165, 1.54) is 17.7 Å². The average molecular weight is 236 g/mol. The zero-order chi connectivity index (χ0) is 11.1. The molecule has 0 aromatic carbocycles. The van der Waals surface area contributed by atoms with Crippen molar-refractivity contribution in [1.82, 2.24) is 0 Å². The van der Waals surface area contributed by atoms with Gasteiger partial charge in [0.25, 0.3) is 0 Å². The smallest absolute Gasteiger partial charge is 0.164 e. The Kier molecular flexibility index (Phi) is 2.60. The van der Waals surface area contributed by atoms with Crippen molar-refractivity contribution < 1.29 is 9.53 Å². The Morgan fingerprint density at radius 2 is 2.31 bits per heavy atom. The fraction of sp³-hybridized carbons (Fsp3) is 0.615. The molecule has 1 saturated carbocycles. The minimum absolute atomic E-state index is 0.315. The highest BCUT2D eigenvalue weighted by atomic mass is 32.1. The molecular formula is C13H16O2S. The van der Waals surface area contributed by atoms with Crippen LogP contribution in [0.15, 0.2) is 11.4 Å². The van der Waals surface area contributed by atoms with Crippen molar-refractivity contribution in [2.75, 3.05) is 13.7 Å². The monoisotopic (exact) mass is 236 g/mol. The summed E-state index contributed by atoms with van der Waals surface area (Å²) in [5.41, 5.74) is 0.995. The number of hydrogen-bond acceptors (Lipinski definition) is 3. The fourth-order valence-electron chi connectivity index (χ4n) is 2.93. The standard InChI is InChI=1S/C13H16O2S/c1-15-7-9-6-11(14)10-4-5-16-13(10)12(9)8-2-3-8/h4-5,8-9,12H,2-3,6-7H2,1H3. The lowest BCUT2D eigenvalue weighted by atomic mass is 9.77. The molecule has 16 heavy (non-hydrogen) atoms. The molecule has 3 rings (SSSR count). The Labute approximate surface area is 99.6 Å². The molecule has 1 aromatic heterocycles. The van der Waals surface area contributed by atoms with Gasteiger partial charge in [-0.15, -0.1) is 11.3 Å². The Morgan fingerprint density at radius 3 is 3.00 bits per heavy atom. The first-order chi connectivity index (χ1) is 7.81. The molecule has 2 nitrogen and oxygen atoms in total.